The number of carbonyl (C=O) groups excluding carboxylic acids is 1. The number of thiazole rings is 1. The van der Waals surface area contributed by atoms with Crippen LogP contribution in [0, 0.1) is 0 Å². The van der Waals surface area contributed by atoms with E-state index in [0.29, 0.717) is 40.6 Å². The van der Waals surface area contributed by atoms with Gasteiger partial charge in [-0.2, -0.15) is 0 Å². The molecule has 3 aromatic carbocycles. The molecule has 0 spiro atoms. The third-order valence-electron chi connectivity index (χ3n) is 5.37. The van der Waals surface area contributed by atoms with Gasteiger partial charge in [0.25, 0.3) is 15.9 Å². The Balaban J connectivity index is 1.36. The third-order valence-corrected chi connectivity index (χ3v) is 8.13. The number of aromatic nitrogens is 1. The molecule has 7 nitrogen and oxygen atoms in total. The number of nitrogens with zero attached hydrogens (tertiary/aromatic N) is 2. The van der Waals surface area contributed by atoms with Crippen molar-refractivity contribution in [1.29, 1.82) is 0 Å². The number of methoxy groups -OCH3 is 1. The fraction of sp³-hybridized carbons (Fsp3) is 0.130. The first-order valence-electron chi connectivity index (χ1n) is 9.93. The molecular weight excluding hydrogens is 446 g/mol. The topological polar surface area (TPSA) is 88.6 Å². The fourth-order valence-electron chi connectivity index (χ4n) is 3.77. The van der Waals surface area contributed by atoms with Crippen LogP contribution in [0.5, 0.6) is 5.75 Å². The average Bonchev–Trinajstić information content (AvgIpc) is 3.43. The maximum atomic E-state index is 13.1. The highest BCUT2D eigenvalue weighted by Gasteiger charge is 2.30. The smallest absolute Gasteiger partial charge is 0.264 e. The molecule has 162 valence electrons. The molecular formula is C23H19N3O4S2. The number of hydrogen-bond acceptors (Lipinski definition) is 6. The van der Waals surface area contributed by atoms with Gasteiger partial charge in [0.05, 0.1) is 22.4 Å². The fourth-order valence-corrected chi connectivity index (χ4v) is 6.16. The average molecular weight is 466 g/mol. The van der Waals surface area contributed by atoms with Crippen molar-refractivity contribution in [3.8, 4) is 5.75 Å². The first-order valence-corrected chi connectivity index (χ1v) is 12.2. The molecule has 2 heterocycles. The summed E-state index contributed by atoms with van der Waals surface area (Å²) in [7, 11) is -2.13. The Labute approximate surface area is 189 Å². The van der Waals surface area contributed by atoms with E-state index in [1.165, 1.54) is 39.9 Å². The number of nitrogens with one attached hydrogen (secondary N) is 1. The van der Waals surface area contributed by atoms with Crippen LogP contribution in [0.25, 0.3) is 10.2 Å². The van der Waals surface area contributed by atoms with Crippen LogP contribution in [0.15, 0.2) is 71.6 Å². The predicted octanol–water partition coefficient (Wildman–Crippen LogP) is 4.31. The second-order valence-electron chi connectivity index (χ2n) is 7.26. The lowest BCUT2D eigenvalue weighted by Crippen LogP contribution is -2.29. The second-order valence-corrected chi connectivity index (χ2v) is 10.2. The maximum absolute atomic E-state index is 13.1. The van der Waals surface area contributed by atoms with Crippen molar-refractivity contribution in [1.82, 2.24) is 4.98 Å². The van der Waals surface area contributed by atoms with Crippen LogP contribution in [-0.4, -0.2) is 33.0 Å². The number of sulfonamides is 1. The number of rotatable bonds is 5. The number of fused-ring (bicyclic) bond motifs is 2. The summed E-state index contributed by atoms with van der Waals surface area (Å²) in [6.07, 6.45) is 0.683. The largest absolute Gasteiger partial charge is 0.494 e. The molecule has 1 amide bonds. The van der Waals surface area contributed by atoms with E-state index in [4.69, 9.17) is 4.74 Å². The van der Waals surface area contributed by atoms with Gasteiger partial charge in [-0.3, -0.25) is 14.4 Å². The van der Waals surface area contributed by atoms with E-state index in [0.717, 1.165) is 10.3 Å². The number of carbonyl (C=O) groups is 1. The Hall–Kier alpha value is -3.43. The van der Waals surface area contributed by atoms with Crippen LogP contribution in [0.4, 0.5) is 10.8 Å². The Kier molecular flexibility index (Phi) is 5.07. The van der Waals surface area contributed by atoms with E-state index in [1.807, 2.05) is 42.5 Å². The molecule has 0 aliphatic carbocycles. The maximum Gasteiger partial charge on any atom is 0.264 e. The van der Waals surface area contributed by atoms with Gasteiger partial charge in [-0.05, 0) is 54.4 Å². The molecule has 1 aliphatic heterocycles. The molecule has 0 saturated heterocycles. The summed E-state index contributed by atoms with van der Waals surface area (Å²) in [5, 5.41) is 3.22. The minimum Gasteiger partial charge on any atom is -0.494 e. The van der Waals surface area contributed by atoms with Gasteiger partial charge in [0.15, 0.2) is 5.13 Å². The van der Waals surface area contributed by atoms with E-state index >= 15 is 0 Å². The van der Waals surface area contributed by atoms with Gasteiger partial charge in [-0.1, -0.05) is 35.6 Å². The zero-order valence-electron chi connectivity index (χ0n) is 17.1. The van der Waals surface area contributed by atoms with Gasteiger partial charge >= 0.3 is 0 Å². The van der Waals surface area contributed by atoms with Crippen molar-refractivity contribution in [2.24, 2.45) is 0 Å². The lowest BCUT2D eigenvalue weighted by molar-refractivity contribution is 0.102. The molecule has 0 unspecified atom stereocenters. The van der Waals surface area contributed by atoms with E-state index < -0.39 is 10.0 Å². The summed E-state index contributed by atoms with van der Waals surface area (Å²) in [5.74, 6) is 0.274. The van der Waals surface area contributed by atoms with Crippen LogP contribution in [-0.2, 0) is 16.4 Å². The van der Waals surface area contributed by atoms with Gasteiger partial charge in [0.1, 0.15) is 11.3 Å². The van der Waals surface area contributed by atoms with Crippen molar-refractivity contribution >= 4 is 48.3 Å². The minimum absolute atomic E-state index is 0.149. The molecule has 1 N–H and O–H groups in total. The Morgan fingerprint density at radius 2 is 1.84 bits per heavy atom. The Morgan fingerprint density at radius 1 is 1.06 bits per heavy atom. The summed E-state index contributed by atoms with van der Waals surface area (Å²) >= 11 is 1.34. The number of benzene rings is 3. The monoisotopic (exact) mass is 465 g/mol. The standard InChI is InChI=1S/C23H19N3O4S2/c1-30-19-7-4-8-20-21(19)24-23(31-20)25-22(27)16-9-11-17(12-10-16)32(28,29)26-14-13-15-5-2-3-6-18(15)26/h2-12H,13-14H2,1H3,(H,24,25,27). The molecule has 9 heteroatoms. The molecule has 0 fully saturated rings. The molecule has 32 heavy (non-hydrogen) atoms. The zero-order valence-corrected chi connectivity index (χ0v) is 18.7. The first-order chi connectivity index (χ1) is 15.5. The molecule has 0 bridgehead atoms. The Morgan fingerprint density at radius 3 is 2.62 bits per heavy atom. The van der Waals surface area contributed by atoms with Gasteiger partial charge in [-0.15, -0.1) is 0 Å². The summed E-state index contributed by atoms with van der Waals surface area (Å²) in [6.45, 7) is 0.408. The number of ether oxygens (including phenoxy) is 1. The van der Waals surface area contributed by atoms with Gasteiger partial charge in [0.2, 0.25) is 0 Å². The van der Waals surface area contributed by atoms with Gasteiger partial charge < -0.3 is 4.74 Å². The number of para-hydroxylation sites is 2. The quantitative estimate of drug-likeness (QED) is 0.475. The lowest BCUT2D eigenvalue weighted by atomic mass is 10.2. The SMILES string of the molecule is COc1cccc2sc(NC(=O)c3ccc(S(=O)(=O)N4CCc5ccccc54)cc3)nc12. The van der Waals surface area contributed by atoms with Crippen molar-refractivity contribution in [3.05, 3.63) is 77.9 Å². The van der Waals surface area contributed by atoms with Crippen molar-refractivity contribution in [3.63, 3.8) is 0 Å². The van der Waals surface area contributed by atoms with E-state index in [-0.39, 0.29) is 10.8 Å². The minimum atomic E-state index is -3.70. The number of anilines is 2. The van der Waals surface area contributed by atoms with E-state index in [9.17, 15) is 13.2 Å². The number of hydrogen-bond donors (Lipinski definition) is 1. The van der Waals surface area contributed by atoms with Crippen LogP contribution in [0.3, 0.4) is 0 Å². The highest BCUT2D eigenvalue weighted by molar-refractivity contribution is 7.92. The van der Waals surface area contributed by atoms with Crippen LogP contribution >= 0.6 is 11.3 Å². The first kappa shape index (κ1) is 20.5. The summed E-state index contributed by atoms with van der Waals surface area (Å²) in [5.41, 5.74) is 2.75. The summed E-state index contributed by atoms with van der Waals surface area (Å²) < 4.78 is 33.9. The zero-order chi connectivity index (χ0) is 22.3. The molecule has 4 aromatic rings. The molecule has 0 saturated carbocycles. The number of amides is 1. The molecule has 0 radical (unpaired) electrons. The van der Waals surface area contributed by atoms with E-state index in [2.05, 4.69) is 10.3 Å². The predicted molar refractivity (Wildman–Crippen MR) is 125 cm³/mol. The normalized spacial score (nSPS) is 13.2. The van der Waals surface area contributed by atoms with Crippen LogP contribution < -0.4 is 14.4 Å². The second kappa shape index (κ2) is 7.92. The van der Waals surface area contributed by atoms with Gasteiger partial charge in [0, 0.05) is 12.1 Å². The third kappa shape index (κ3) is 3.49. The van der Waals surface area contributed by atoms with Crippen molar-refractivity contribution in [2.75, 3.05) is 23.3 Å². The molecule has 1 aliphatic rings. The highest BCUT2D eigenvalue weighted by Crippen LogP contribution is 2.34. The van der Waals surface area contributed by atoms with Crippen molar-refractivity contribution in [2.45, 2.75) is 11.3 Å². The van der Waals surface area contributed by atoms with Crippen molar-refractivity contribution < 1.29 is 17.9 Å². The van der Waals surface area contributed by atoms with E-state index in [1.54, 1.807) is 7.11 Å². The van der Waals surface area contributed by atoms with Crippen LogP contribution in [0.2, 0.25) is 0 Å². The molecule has 1 aromatic heterocycles. The van der Waals surface area contributed by atoms with Gasteiger partial charge in [-0.25, -0.2) is 13.4 Å². The molecule has 0 atom stereocenters. The molecule has 5 rings (SSSR count). The Bertz CT molecular complexity index is 1430. The highest BCUT2D eigenvalue weighted by atomic mass is 32.2. The van der Waals surface area contributed by atoms with Crippen LogP contribution in [0.1, 0.15) is 15.9 Å². The summed E-state index contributed by atoms with van der Waals surface area (Å²) in [4.78, 5) is 17.3. The lowest BCUT2D eigenvalue weighted by Gasteiger charge is -2.19. The summed E-state index contributed by atoms with van der Waals surface area (Å²) in [6, 6.07) is 19.0.